The molecule has 5 nitrogen and oxygen atoms in total. The van der Waals surface area contributed by atoms with Gasteiger partial charge in [-0.25, -0.2) is 4.39 Å². The highest BCUT2D eigenvalue weighted by molar-refractivity contribution is 5.59. The summed E-state index contributed by atoms with van der Waals surface area (Å²) in [7, 11) is 1.40. The third kappa shape index (κ3) is 1.88. The molecular weight excluding hydrogens is 201 g/mol. The highest BCUT2D eigenvalue weighted by Crippen LogP contribution is 2.23. The van der Waals surface area contributed by atoms with Gasteiger partial charge in [-0.05, 0) is 18.2 Å². The number of hydrogen-bond donors (Lipinski definition) is 1. The van der Waals surface area contributed by atoms with Crippen molar-refractivity contribution in [2.24, 2.45) is 0 Å². The Morgan fingerprint density at radius 2 is 2.13 bits per heavy atom. The van der Waals surface area contributed by atoms with Gasteiger partial charge >= 0.3 is 6.08 Å². The highest BCUT2D eigenvalue weighted by atomic mass is 19.1. The number of methoxy groups -OCH3 is 1. The molecule has 1 aromatic heterocycles. The molecule has 0 amide bonds. The maximum atomic E-state index is 13.0. The van der Waals surface area contributed by atoms with Gasteiger partial charge in [-0.1, -0.05) is 5.10 Å². The summed E-state index contributed by atoms with van der Waals surface area (Å²) >= 11 is 0. The zero-order valence-electron chi connectivity index (χ0n) is 7.90. The largest absolute Gasteiger partial charge is 0.452 e. The van der Waals surface area contributed by atoms with Crippen LogP contribution in [0.2, 0.25) is 0 Å². The van der Waals surface area contributed by atoms with Crippen LogP contribution >= 0.6 is 0 Å². The minimum Gasteiger partial charge on any atom is -0.452 e. The molecule has 2 N–H and O–H groups in total. The number of nitrogen functional groups attached to an aromatic ring is 1. The zero-order chi connectivity index (χ0) is 10.8. The van der Waals surface area contributed by atoms with Crippen LogP contribution in [0.4, 0.5) is 10.1 Å². The maximum Gasteiger partial charge on any atom is 0.414 e. The zero-order valence-corrected chi connectivity index (χ0v) is 7.90. The molecule has 15 heavy (non-hydrogen) atoms. The van der Waals surface area contributed by atoms with Crippen molar-refractivity contribution in [3.05, 3.63) is 24.0 Å². The molecule has 78 valence electrons. The predicted molar refractivity (Wildman–Crippen MR) is 50.7 cm³/mol. The first kappa shape index (κ1) is 9.45. The Bertz CT molecular complexity index is 464. The minimum absolute atomic E-state index is 0.0211. The van der Waals surface area contributed by atoms with E-state index in [0.717, 1.165) is 0 Å². The number of ether oxygens (including phenoxy) is 1. The molecule has 0 aliphatic carbocycles. The van der Waals surface area contributed by atoms with E-state index < -0.39 is 5.82 Å². The van der Waals surface area contributed by atoms with Crippen LogP contribution in [0, 0.1) is 5.82 Å². The Kier molecular flexibility index (Phi) is 2.24. The van der Waals surface area contributed by atoms with E-state index in [1.165, 1.54) is 25.3 Å². The second-order valence-electron chi connectivity index (χ2n) is 2.85. The number of rotatable bonds is 2. The molecule has 0 aliphatic rings. The van der Waals surface area contributed by atoms with E-state index in [1.54, 1.807) is 0 Å². The third-order valence-electron chi connectivity index (χ3n) is 1.75. The molecule has 0 bridgehead atoms. The van der Waals surface area contributed by atoms with Gasteiger partial charge in [0.2, 0.25) is 0 Å². The van der Waals surface area contributed by atoms with Crippen LogP contribution in [0.5, 0.6) is 6.08 Å². The Balaban J connectivity index is 2.44. The topological polar surface area (TPSA) is 74.2 Å². The normalized spacial score (nSPS) is 10.3. The van der Waals surface area contributed by atoms with Crippen LogP contribution in [-0.2, 0) is 0 Å². The molecule has 2 rings (SSSR count). The summed E-state index contributed by atoms with van der Waals surface area (Å²) in [4.78, 5) is 0. The lowest BCUT2D eigenvalue weighted by Gasteiger charge is -1.97. The second kappa shape index (κ2) is 3.56. The number of hydrogen-bond acceptors (Lipinski definition) is 5. The van der Waals surface area contributed by atoms with Gasteiger partial charge in [0.05, 0.1) is 7.11 Å². The Morgan fingerprint density at radius 1 is 1.33 bits per heavy atom. The van der Waals surface area contributed by atoms with E-state index in [2.05, 4.69) is 10.2 Å². The first-order valence-corrected chi connectivity index (χ1v) is 4.13. The Labute approximate surface area is 84.7 Å². The number of anilines is 1. The summed E-state index contributed by atoms with van der Waals surface area (Å²) in [5, 5.41) is 7.24. The van der Waals surface area contributed by atoms with E-state index in [9.17, 15) is 4.39 Å². The van der Waals surface area contributed by atoms with E-state index in [4.69, 9.17) is 14.9 Å². The lowest BCUT2D eigenvalue weighted by atomic mass is 10.2. The van der Waals surface area contributed by atoms with Crippen LogP contribution in [0.1, 0.15) is 0 Å². The molecule has 0 spiro atoms. The molecule has 0 saturated heterocycles. The van der Waals surface area contributed by atoms with Crippen LogP contribution in [-0.4, -0.2) is 17.3 Å². The average molecular weight is 209 g/mol. The Morgan fingerprint density at radius 3 is 2.73 bits per heavy atom. The summed E-state index contributed by atoms with van der Waals surface area (Å²) in [6.45, 7) is 0. The second-order valence-corrected chi connectivity index (χ2v) is 2.85. The maximum absolute atomic E-state index is 13.0. The molecule has 0 aliphatic heterocycles. The summed E-state index contributed by atoms with van der Waals surface area (Å²) in [6, 6.07) is 4.00. The molecule has 1 aromatic carbocycles. The molecule has 0 atom stereocenters. The summed E-state index contributed by atoms with van der Waals surface area (Å²) in [5.74, 6) is -0.291. The predicted octanol–water partition coefficient (Wildman–Crippen LogP) is 1.47. The van der Waals surface area contributed by atoms with Gasteiger partial charge in [0.15, 0.2) is 0 Å². The van der Waals surface area contributed by atoms with E-state index in [1.807, 2.05) is 0 Å². The molecule has 0 radical (unpaired) electrons. The SMILES string of the molecule is COc1nnc(-c2cc(N)cc(F)c2)o1. The van der Waals surface area contributed by atoms with Gasteiger partial charge < -0.3 is 14.9 Å². The molecule has 6 heteroatoms. The van der Waals surface area contributed by atoms with Gasteiger partial charge in [0.1, 0.15) is 5.82 Å². The molecule has 0 saturated carbocycles. The number of nitrogens with zero attached hydrogens (tertiary/aromatic N) is 2. The van der Waals surface area contributed by atoms with Crippen molar-refractivity contribution in [2.75, 3.05) is 12.8 Å². The fraction of sp³-hybridized carbons (Fsp3) is 0.111. The lowest BCUT2D eigenvalue weighted by molar-refractivity contribution is 0.293. The lowest BCUT2D eigenvalue weighted by Crippen LogP contribution is -1.88. The van der Waals surface area contributed by atoms with Gasteiger partial charge in [0.25, 0.3) is 5.89 Å². The van der Waals surface area contributed by atoms with Crippen LogP contribution in [0.25, 0.3) is 11.5 Å². The van der Waals surface area contributed by atoms with Crippen molar-refractivity contribution in [2.45, 2.75) is 0 Å². The van der Waals surface area contributed by atoms with E-state index in [0.29, 0.717) is 11.3 Å². The van der Waals surface area contributed by atoms with Crippen LogP contribution in [0.3, 0.4) is 0 Å². The summed E-state index contributed by atoms with van der Waals surface area (Å²) in [6.07, 6.45) is 0.0211. The molecule has 1 heterocycles. The highest BCUT2D eigenvalue weighted by Gasteiger charge is 2.10. The van der Waals surface area contributed by atoms with Crippen LogP contribution in [0.15, 0.2) is 22.6 Å². The Hall–Kier alpha value is -2.11. The minimum atomic E-state index is -0.456. The smallest absolute Gasteiger partial charge is 0.414 e. The van der Waals surface area contributed by atoms with Gasteiger partial charge in [-0.3, -0.25) is 0 Å². The number of halogens is 1. The first-order chi connectivity index (χ1) is 7.19. The van der Waals surface area contributed by atoms with Crippen molar-refractivity contribution in [3.8, 4) is 17.5 Å². The van der Waals surface area contributed by atoms with Crippen molar-refractivity contribution in [3.63, 3.8) is 0 Å². The summed E-state index contributed by atoms with van der Waals surface area (Å²) in [5.41, 5.74) is 6.19. The number of benzene rings is 1. The van der Waals surface area contributed by atoms with Gasteiger partial charge in [-0.15, -0.1) is 5.10 Å². The van der Waals surface area contributed by atoms with E-state index in [-0.39, 0.29) is 12.0 Å². The molecule has 2 aromatic rings. The quantitative estimate of drug-likeness (QED) is 0.758. The molecule has 0 unspecified atom stereocenters. The first-order valence-electron chi connectivity index (χ1n) is 4.13. The van der Waals surface area contributed by atoms with Crippen molar-refractivity contribution in [1.82, 2.24) is 10.2 Å². The summed E-state index contributed by atoms with van der Waals surface area (Å²) < 4.78 is 22.8. The fourth-order valence-electron chi connectivity index (χ4n) is 1.14. The van der Waals surface area contributed by atoms with Crippen molar-refractivity contribution < 1.29 is 13.5 Å². The monoisotopic (exact) mass is 209 g/mol. The van der Waals surface area contributed by atoms with Gasteiger partial charge in [0, 0.05) is 11.3 Å². The van der Waals surface area contributed by atoms with Crippen molar-refractivity contribution in [1.29, 1.82) is 0 Å². The molecule has 0 fully saturated rings. The fourth-order valence-corrected chi connectivity index (χ4v) is 1.14. The van der Waals surface area contributed by atoms with E-state index >= 15 is 0 Å². The van der Waals surface area contributed by atoms with Gasteiger partial charge in [-0.2, -0.15) is 0 Å². The average Bonchev–Trinajstić information content (AvgIpc) is 2.64. The number of nitrogens with two attached hydrogens (primary N) is 1. The molecular formula is C9H8FN3O2. The third-order valence-corrected chi connectivity index (χ3v) is 1.75. The van der Waals surface area contributed by atoms with Crippen LogP contribution < -0.4 is 10.5 Å². The number of aromatic nitrogens is 2. The van der Waals surface area contributed by atoms with Crippen molar-refractivity contribution >= 4 is 5.69 Å². The standard InChI is InChI=1S/C9H8FN3O2/c1-14-9-13-12-8(15-9)5-2-6(10)4-7(11)3-5/h2-4H,11H2,1H3.